The Morgan fingerprint density at radius 2 is 1.96 bits per heavy atom. The quantitative estimate of drug-likeness (QED) is 0.727. The molecule has 1 amide bonds. The minimum absolute atomic E-state index is 0.0597. The highest BCUT2D eigenvalue weighted by atomic mass is 32.1. The molecule has 0 unspecified atom stereocenters. The number of rotatable bonds is 3. The summed E-state index contributed by atoms with van der Waals surface area (Å²) in [5, 5.41) is 3.01. The summed E-state index contributed by atoms with van der Waals surface area (Å²) >= 11 is 1.39. The van der Waals surface area contributed by atoms with Gasteiger partial charge in [0, 0.05) is 6.20 Å². The summed E-state index contributed by atoms with van der Waals surface area (Å²) in [6.45, 7) is 0. The Labute approximate surface area is 142 Å². The molecule has 0 bridgehead atoms. The first-order chi connectivity index (χ1) is 11.3. The number of thiophene rings is 1. The molecule has 3 rings (SSSR count). The lowest BCUT2D eigenvalue weighted by molar-refractivity contribution is -0.134. The molecule has 0 aliphatic heterocycles. The van der Waals surface area contributed by atoms with E-state index in [0.29, 0.717) is 27.7 Å². The molecule has 5 nitrogen and oxygen atoms in total. The summed E-state index contributed by atoms with van der Waals surface area (Å²) in [5.41, 5.74) is 6.83. The van der Waals surface area contributed by atoms with Crippen molar-refractivity contribution >= 4 is 38.7 Å². The number of amides is 1. The topological polar surface area (TPSA) is 80.9 Å². The molecule has 0 atom stereocenters. The number of pyridine rings is 1. The van der Waals surface area contributed by atoms with Crippen molar-refractivity contribution in [1.29, 1.82) is 0 Å². The van der Waals surface area contributed by atoms with Gasteiger partial charge in [-0.15, -0.1) is 11.3 Å². The average molecular weight is 370 g/mol. The van der Waals surface area contributed by atoms with Gasteiger partial charge in [0.25, 0.3) is 5.91 Å². The summed E-state index contributed by atoms with van der Waals surface area (Å²) in [6, 6.07) is 7.22. The Hall–Kier alpha value is -2.46. The van der Waals surface area contributed by atoms with Crippen LogP contribution in [-0.4, -0.2) is 15.9 Å². The van der Waals surface area contributed by atoms with E-state index in [1.54, 1.807) is 24.4 Å². The number of hydrogen-bond donors (Lipinski definition) is 2. The number of aromatic nitrogens is 2. The maximum Gasteiger partial charge on any atom is 0.425 e. The monoisotopic (exact) mass is 370 g/mol. The van der Waals surface area contributed by atoms with Crippen LogP contribution in [0.1, 0.15) is 14.5 Å². The predicted octanol–water partition coefficient (Wildman–Crippen LogP) is 4.12. The third-order valence-electron chi connectivity index (χ3n) is 2.89. The number of hydrogen-bond acceptors (Lipinski definition) is 6. The second kappa shape index (κ2) is 6.21. The molecule has 0 aromatic carbocycles. The fourth-order valence-electron chi connectivity index (χ4n) is 1.84. The summed E-state index contributed by atoms with van der Waals surface area (Å²) in [6.07, 6.45) is -2.89. The highest BCUT2D eigenvalue weighted by molar-refractivity contribution is 7.20. The van der Waals surface area contributed by atoms with E-state index in [1.807, 2.05) is 0 Å². The molecule has 0 spiro atoms. The Balaban J connectivity index is 1.79. The van der Waals surface area contributed by atoms with Crippen molar-refractivity contribution < 1.29 is 18.0 Å². The van der Waals surface area contributed by atoms with Crippen molar-refractivity contribution in [2.75, 3.05) is 11.1 Å². The van der Waals surface area contributed by atoms with Crippen LogP contribution in [-0.2, 0) is 6.18 Å². The van der Waals surface area contributed by atoms with Gasteiger partial charge in [0.15, 0.2) is 5.13 Å². The van der Waals surface area contributed by atoms with Gasteiger partial charge in [-0.2, -0.15) is 13.2 Å². The Morgan fingerprint density at radius 1 is 1.17 bits per heavy atom. The largest absolute Gasteiger partial charge is 0.425 e. The number of nitrogen functional groups attached to an aromatic ring is 1. The second-order valence-electron chi connectivity index (χ2n) is 4.56. The third kappa shape index (κ3) is 3.39. The summed E-state index contributed by atoms with van der Waals surface area (Å²) in [7, 11) is 0. The van der Waals surface area contributed by atoms with Gasteiger partial charge in [-0.3, -0.25) is 15.1 Å². The standard InChI is InChI=1S/C14H9F3N4OS2/c15-14(16,17)9-5-4-8(23-9)12(22)21-13-20-10(11(18)24-13)7-3-1-2-6-19-7/h1-6H,18H2,(H,20,21,22). The Bertz CT molecular complexity index is 874. The van der Waals surface area contributed by atoms with E-state index >= 15 is 0 Å². The van der Waals surface area contributed by atoms with E-state index in [-0.39, 0.29) is 10.0 Å². The third-order valence-corrected chi connectivity index (χ3v) is 4.82. The number of halogens is 3. The lowest BCUT2D eigenvalue weighted by Crippen LogP contribution is -2.09. The van der Waals surface area contributed by atoms with E-state index < -0.39 is 17.0 Å². The van der Waals surface area contributed by atoms with E-state index in [4.69, 9.17) is 5.73 Å². The zero-order valence-corrected chi connectivity index (χ0v) is 13.4. The van der Waals surface area contributed by atoms with Crippen LogP contribution < -0.4 is 11.1 Å². The van der Waals surface area contributed by atoms with Gasteiger partial charge in [0.2, 0.25) is 0 Å². The molecule has 3 aromatic rings. The van der Waals surface area contributed by atoms with Crippen LogP contribution in [0.2, 0.25) is 0 Å². The molecule has 3 aromatic heterocycles. The highest BCUT2D eigenvalue weighted by Gasteiger charge is 2.33. The van der Waals surface area contributed by atoms with Crippen molar-refractivity contribution in [2.24, 2.45) is 0 Å². The van der Waals surface area contributed by atoms with Gasteiger partial charge in [0.05, 0.1) is 10.6 Å². The summed E-state index contributed by atoms with van der Waals surface area (Å²) in [5.74, 6) is -0.670. The van der Waals surface area contributed by atoms with Gasteiger partial charge in [-0.05, 0) is 24.3 Å². The second-order valence-corrected chi connectivity index (χ2v) is 6.68. The smallest absolute Gasteiger partial charge is 0.389 e. The molecule has 0 aliphatic rings. The van der Waals surface area contributed by atoms with Crippen LogP contribution in [0.3, 0.4) is 0 Å². The van der Waals surface area contributed by atoms with Gasteiger partial charge < -0.3 is 5.73 Å². The molecular weight excluding hydrogens is 361 g/mol. The number of anilines is 2. The number of alkyl halides is 3. The Morgan fingerprint density at radius 3 is 2.58 bits per heavy atom. The first kappa shape index (κ1) is 16.4. The highest BCUT2D eigenvalue weighted by Crippen LogP contribution is 2.36. The van der Waals surface area contributed by atoms with Crippen molar-refractivity contribution in [3.63, 3.8) is 0 Å². The molecule has 0 radical (unpaired) electrons. The number of nitrogens with one attached hydrogen (secondary N) is 1. The first-order valence-corrected chi connectivity index (χ1v) is 8.14. The van der Waals surface area contributed by atoms with Crippen LogP contribution in [0.25, 0.3) is 11.4 Å². The minimum Gasteiger partial charge on any atom is -0.389 e. The number of carbonyl (C=O) groups excluding carboxylic acids is 1. The predicted molar refractivity (Wildman–Crippen MR) is 87.0 cm³/mol. The van der Waals surface area contributed by atoms with E-state index in [1.165, 1.54) is 0 Å². The molecular formula is C14H9F3N4OS2. The molecule has 3 heterocycles. The molecule has 0 aliphatic carbocycles. The van der Waals surface area contributed by atoms with Gasteiger partial charge in [0.1, 0.15) is 15.6 Å². The number of nitrogens with two attached hydrogens (primary N) is 1. The maximum absolute atomic E-state index is 12.6. The molecule has 0 fully saturated rings. The van der Waals surface area contributed by atoms with Crippen molar-refractivity contribution in [3.05, 3.63) is 46.3 Å². The minimum atomic E-state index is -4.47. The van der Waals surface area contributed by atoms with Crippen LogP contribution in [0.4, 0.5) is 23.3 Å². The first-order valence-electron chi connectivity index (χ1n) is 6.50. The number of carbonyl (C=O) groups is 1. The summed E-state index contributed by atoms with van der Waals surface area (Å²) < 4.78 is 37.7. The normalized spacial score (nSPS) is 11.5. The van der Waals surface area contributed by atoms with E-state index in [9.17, 15) is 18.0 Å². The SMILES string of the molecule is Nc1sc(NC(=O)c2ccc(C(F)(F)F)s2)nc1-c1ccccn1. The molecule has 124 valence electrons. The van der Waals surface area contributed by atoms with Crippen LogP contribution in [0.15, 0.2) is 36.5 Å². The number of nitrogens with zero attached hydrogens (tertiary/aromatic N) is 2. The molecule has 24 heavy (non-hydrogen) atoms. The zero-order chi connectivity index (χ0) is 17.3. The van der Waals surface area contributed by atoms with Crippen LogP contribution in [0.5, 0.6) is 0 Å². The van der Waals surface area contributed by atoms with Crippen molar-refractivity contribution in [1.82, 2.24) is 9.97 Å². The van der Waals surface area contributed by atoms with Crippen molar-refractivity contribution in [3.8, 4) is 11.4 Å². The number of thiazole rings is 1. The lowest BCUT2D eigenvalue weighted by atomic mass is 10.3. The Kier molecular flexibility index (Phi) is 4.24. The molecule has 10 heteroatoms. The fraction of sp³-hybridized carbons (Fsp3) is 0.0714. The maximum atomic E-state index is 12.6. The van der Waals surface area contributed by atoms with E-state index in [2.05, 4.69) is 15.3 Å². The molecule has 0 saturated heterocycles. The summed E-state index contributed by atoms with van der Waals surface area (Å²) in [4.78, 5) is 19.5. The van der Waals surface area contributed by atoms with Crippen LogP contribution >= 0.6 is 22.7 Å². The van der Waals surface area contributed by atoms with Gasteiger partial charge in [-0.1, -0.05) is 17.4 Å². The molecule has 3 N–H and O–H groups in total. The van der Waals surface area contributed by atoms with E-state index in [0.717, 1.165) is 23.5 Å². The van der Waals surface area contributed by atoms with Gasteiger partial charge in [-0.25, -0.2) is 4.98 Å². The molecule has 0 saturated carbocycles. The fourth-order valence-corrected chi connectivity index (χ4v) is 3.35. The lowest BCUT2D eigenvalue weighted by Gasteiger charge is -2.01. The van der Waals surface area contributed by atoms with Crippen LogP contribution in [0, 0.1) is 0 Å². The average Bonchev–Trinajstić information content (AvgIpc) is 3.15. The van der Waals surface area contributed by atoms with Gasteiger partial charge >= 0.3 is 6.18 Å². The van der Waals surface area contributed by atoms with Crippen molar-refractivity contribution in [2.45, 2.75) is 6.18 Å². The zero-order valence-electron chi connectivity index (χ0n) is 11.8.